The van der Waals surface area contributed by atoms with E-state index in [0.29, 0.717) is 18.1 Å². The molecule has 0 aromatic heterocycles. The summed E-state index contributed by atoms with van der Waals surface area (Å²) < 4.78 is 5.94. The molecule has 4 aromatic rings. The fraction of sp³-hybridized carbons (Fsp3) is 0.138. The van der Waals surface area contributed by atoms with Crippen LogP contribution in [0.5, 0.6) is 5.75 Å². The van der Waals surface area contributed by atoms with Crippen molar-refractivity contribution in [2.75, 3.05) is 11.4 Å². The first-order valence-corrected chi connectivity index (χ1v) is 11.2. The Balaban J connectivity index is 1.47. The van der Waals surface area contributed by atoms with E-state index in [2.05, 4.69) is 36.3 Å². The Hall–Kier alpha value is -3.74. The lowest BCUT2D eigenvalue weighted by Crippen LogP contribution is -2.37. The number of hydrogen-bond donors (Lipinski definition) is 0. The maximum Gasteiger partial charge on any atom is 0.228 e. The van der Waals surface area contributed by atoms with Gasteiger partial charge >= 0.3 is 0 Å². The van der Waals surface area contributed by atoms with Crippen LogP contribution in [0, 0.1) is 12.3 Å². The van der Waals surface area contributed by atoms with Crippen molar-refractivity contribution in [3.05, 3.63) is 107 Å². The first-order chi connectivity index (χ1) is 16.1. The van der Waals surface area contributed by atoms with E-state index in [0.717, 1.165) is 38.9 Å². The number of halogens is 1. The number of terminal acetylenes is 1. The lowest BCUT2D eigenvalue weighted by Gasteiger charge is -2.34. The van der Waals surface area contributed by atoms with Crippen LogP contribution >= 0.6 is 11.6 Å². The van der Waals surface area contributed by atoms with Crippen LogP contribution in [0.1, 0.15) is 29.0 Å². The van der Waals surface area contributed by atoms with Crippen molar-refractivity contribution in [1.29, 1.82) is 0 Å². The molecule has 0 saturated heterocycles. The van der Waals surface area contributed by atoms with Crippen molar-refractivity contribution in [2.45, 2.75) is 18.9 Å². The molecule has 5 rings (SSSR count). The zero-order chi connectivity index (χ0) is 22.8. The van der Waals surface area contributed by atoms with E-state index < -0.39 is 0 Å². The van der Waals surface area contributed by atoms with Crippen molar-refractivity contribution in [3.63, 3.8) is 0 Å². The fourth-order valence-electron chi connectivity index (χ4n) is 4.50. The van der Waals surface area contributed by atoms with E-state index in [4.69, 9.17) is 22.8 Å². The minimum atomic E-state index is -0.0436. The highest BCUT2D eigenvalue weighted by Gasteiger charge is 2.33. The summed E-state index contributed by atoms with van der Waals surface area (Å²) in [6.45, 7) is 0.737. The van der Waals surface area contributed by atoms with Gasteiger partial charge in [0.1, 0.15) is 12.4 Å². The maximum absolute atomic E-state index is 13.0. The van der Waals surface area contributed by atoms with E-state index in [1.807, 2.05) is 54.6 Å². The Kier molecular flexibility index (Phi) is 5.77. The average Bonchev–Trinajstić information content (AvgIpc) is 2.85. The molecule has 0 radical (unpaired) electrons. The second kappa shape index (κ2) is 9.02. The number of benzene rings is 4. The Morgan fingerprint density at radius 2 is 1.73 bits per heavy atom. The summed E-state index contributed by atoms with van der Waals surface area (Å²) in [6, 6.07) is 28.0. The second-order valence-electron chi connectivity index (χ2n) is 8.14. The summed E-state index contributed by atoms with van der Waals surface area (Å²) >= 11 is 5.95. The predicted octanol–water partition coefficient (Wildman–Crippen LogP) is 6.57. The molecule has 1 amide bonds. The van der Waals surface area contributed by atoms with Crippen molar-refractivity contribution >= 4 is 34.0 Å². The van der Waals surface area contributed by atoms with Gasteiger partial charge in [-0.2, -0.15) is 0 Å². The van der Waals surface area contributed by atoms with Gasteiger partial charge in [-0.15, -0.1) is 6.42 Å². The van der Waals surface area contributed by atoms with Gasteiger partial charge in [0.2, 0.25) is 5.91 Å². The number of ether oxygens (including phenoxy) is 1. The number of anilines is 1. The summed E-state index contributed by atoms with van der Waals surface area (Å²) in [5.74, 6) is 3.41. The topological polar surface area (TPSA) is 29.5 Å². The van der Waals surface area contributed by atoms with Crippen LogP contribution in [0.4, 0.5) is 5.69 Å². The molecule has 33 heavy (non-hydrogen) atoms. The lowest BCUT2D eigenvalue weighted by atomic mass is 9.81. The molecule has 0 spiro atoms. The first-order valence-electron chi connectivity index (χ1n) is 10.9. The van der Waals surface area contributed by atoms with Crippen LogP contribution in [-0.4, -0.2) is 12.5 Å². The molecule has 0 N–H and O–H groups in total. The van der Waals surface area contributed by atoms with Gasteiger partial charge in [0.15, 0.2) is 0 Å². The Bertz CT molecular complexity index is 1350. The highest BCUT2D eigenvalue weighted by molar-refractivity contribution is 6.30. The summed E-state index contributed by atoms with van der Waals surface area (Å²) in [4.78, 5) is 14.7. The average molecular weight is 452 g/mol. The molecule has 3 nitrogen and oxygen atoms in total. The SMILES string of the molecule is C#CCN1C(=O)CC(c2ccc(OCc3ccc(Cl)cc3)cc2)c2c1ccc1ccccc21. The molecule has 1 unspecified atom stereocenters. The van der Waals surface area contributed by atoms with Gasteiger partial charge in [0, 0.05) is 23.0 Å². The summed E-state index contributed by atoms with van der Waals surface area (Å²) in [6.07, 6.45) is 5.95. The number of amides is 1. The number of hydrogen-bond acceptors (Lipinski definition) is 2. The third kappa shape index (κ3) is 4.18. The van der Waals surface area contributed by atoms with Gasteiger partial charge in [0.25, 0.3) is 0 Å². The number of fused-ring (bicyclic) bond motifs is 3. The minimum Gasteiger partial charge on any atom is -0.489 e. The normalized spacial score (nSPS) is 15.2. The van der Waals surface area contributed by atoms with Crippen molar-refractivity contribution in [3.8, 4) is 18.1 Å². The zero-order valence-electron chi connectivity index (χ0n) is 18.0. The van der Waals surface area contributed by atoms with Gasteiger partial charge in [-0.25, -0.2) is 0 Å². The number of nitrogens with zero attached hydrogens (tertiary/aromatic N) is 1. The zero-order valence-corrected chi connectivity index (χ0v) is 18.8. The third-order valence-corrected chi connectivity index (χ3v) is 6.37. The van der Waals surface area contributed by atoms with Gasteiger partial charge in [0.05, 0.1) is 6.54 Å². The van der Waals surface area contributed by atoms with Crippen LogP contribution in [0.25, 0.3) is 10.8 Å². The Morgan fingerprint density at radius 3 is 2.48 bits per heavy atom. The number of carbonyl (C=O) groups is 1. The molecular weight excluding hydrogens is 430 g/mol. The molecular formula is C29H22ClNO2. The molecule has 1 aliphatic rings. The first kappa shape index (κ1) is 21.1. The molecule has 0 fully saturated rings. The molecule has 0 bridgehead atoms. The Morgan fingerprint density at radius 1 is 0.970 bits per heavy atom. The van der Waals surface area contributed by atoms with Crippen molar-refractivity contribution in [2.24, 2.45) is 0 Å². The van der Waals surface area contributed by atoms with Gasteiger partial charge in [-0.05, 0) is 57.8 Å². The van der Waals surface area contributed by atoms with Crippen molar-refractivity contribution in [1.82, 2.24) is 0 Å². The minimum absolute atomic E-state index is 0.0436. The highest BCUT2D eigenvalue weighted by Crippen LogP contribution is 2.44. The molecule has 1 heterocycles. The highest BCUT2D eigenvalue weighted by atomic mass is 35.5. The molecule has 4 heteroatoms. The fourth-order valence-corrected chi connectivity index (χ4v) is 4.63. The molecule has 0 saturated carbocycles. The second-order valence-corrected chi connectivity index (χ2v) is 8.58. The van der Waals surface area contributed by atoms with Gasteiger partial charge in [-0.1, -0.05) is 72.1 Å². The molecule has 1 atom stereocenters. The molecule has 0 aliphatic carbocycles. The van der Waals surface area contributed by atoms with E-state index in [9.17, 15) is 4.79 Å². The number of rotatable bonds is 5. The number of carbonyl (C=O) groups excluding carboxylic acids is 1. The van der Waals surface area contributed by atoms with Crippen LogP contribution < -0.4 is 9.64 Å². The molecule has 4 aromatic carbocycles. The third-order valence-electron chi connectivity index (χ3n) is 6.12. The maximum atomic E-state index is 13.0. The van der Waals surface area contributed by atoms with Crippen LogP contribution in [0.15, 0.2) is 84.9 Å². The van der Waals surface area contributed by atoms with E-state index in [-0.39, 0.29) is 18.4 Å². The Labute approximate surface area is 198 Å². The van der Waals surface area contributed by atoms with Crippen molar-refractivity contribution < 1.29 is 9.53 Å². The molecule has 1 aliphatic heterocycles. The smallest absolute Gasteiger partial charge is 0.228 e. The van der Waals surface area contributed by atoms with E-state index in [1.165, 1.54) is 0 Å². The standard InChI is InChI=1S/C29H22ClNO2/c1-2-17-31-27-16-11-21-5-3-4-6-25(21)29(27)26(18-28(31)32)22-9-14-24(15-10-22)33-19-20-7-12-23(30)13-8-20/h1,3-16,26H,17-19H2. The quantitative estimate of drug-likeness (QED) is 0.321. The lowest BCUT2D eigenvalue weighted by molar-refractivity contribution is -0.119. The van der Waals surface area contributed by atoms with E-state index in [1.54, 1.807) is 4.90 Å². The largest absolute Gasteiger partial charge is 0.489 e. The summed E-state index contributed by atoms with van der Waals surface area (Å²) in [7, 11) is 0. The predicted molar refractivity (Wildman–Crippen MR) is 134 cm³/mol. The summed E-state index contributed by atoms with van der Waals surface area (Å²) in [5, 5.41) is 3.01. The van der Waals surface area contributed by atoms with Gasteiger partial charge < -0.3 is 9.64 Å². The van der Waals surface area contributed by atoms with Crippen LogP contribution in [-0.2, 0) is 11.4 Å². The monoisotopic (exact) mass is 451 g/mol. The van der Waals surface area contributed by atoms with Crippen LogP contribution in [0.3, 0.4) is 0 Å². The van der Waals surface area contributed by atoms with Crippen LogP contribution in [0.2, 0.25) is 5.02 Å². The molecule has 162 valence electrons. The van der Waals surface area contributed by atoms with Gasteiger partial charge in [-0.3, -0.25) is 4.79 Å². The van der Waals surface area contributed by atoms with E-state index >= 15 is 0 Å². The summed E-state index contributed by atoms with van der Waals surface area (Å²) in [5.41, 5.74) is 4.18.